The van der Waals surface area contributed by atoms with Crippen LogP contribution >= 0.6 is 0 Å². The van der Waals surface area contributed by atoms with Crippen LogP contribution in [0.2, 0.25) is 0 Å². The Hall–Kier alpha value is -0.900. The lowest BCUT2D eigenvalue weighted by Crippen LogP contribution is -2.44. The molecule has 0 radical (unpaired) electrons. The normalized spacial score (nSPS) is 28.9. The van der Waals surface area contributed by atoms with Crippen molar-refractivity contribution in [2.45, 2.75) is 38.8 Å². The monoisotopic (exact) mass is 275 g/mol. The number of nitrogens with one attached hydrogen (secondary N) is 1. The summed E-state index contributed by atoms with van der Waals surface area (Å²) in [6.07, 6.45) is 2.60. The number of hydrogen-bond acceptors (Lipinski definition) is 3. The highest BCUT2D eigenvalue weighted by molar-refractivity contribution is 5.34. The van der Waals surface area contributed by atoms with Crippen LogP contribution in [0, 0.1) is 5.41 Å². The molecule has 3 nitrogen and oxygen atoms in total. The molecule has 1 fully saturated rings. The third kappa shape index (κ3) is 2.90. The van der Waals surface area contributed by atoms with E-state index in [1.165, 1.54) is 24.0 Å². The summed E-state index contributed by atoms with van der Waals surface area (Å²) < 4.78 is 11.2. The van der Waals surface area contributed by atoms with Crippen molar-refractivity contribution >= 4 is 0 Å². The first-order valence-corrected chi connectivity index (χ1v) is 7.67. The van der Waals surface area contributed by atoms with Crippen molar-refractivity contribution in [3.8, 4) is 0 Å². The first-order valence-electron chi connectivity index (χ1n) is 7.67. The van der Waals surface area contributed by atoms with Crippen LogP contribution in [0.3, 0.4) is 0 Å². The SMILES string of the molecule is CC1(C)CCc2ccccc2C1NCC1COCCO1. The second-order valence-corrected chi connectivity index (χ2v) is 6.60. The molecule has 3 heteroatoms. The first kappa shape index (κ1) is 14.1. The second kappa shape index (κ2) is 5.84. The number of aryl methyl sites for hydroxylation is 1. The van der Waals surface area contributed by atoms with Gasteiger partial charge in [-0.3, -0.25) is 0 Å². The maximum Gasteiger partial charge on any atom is 0.0933 e. The van der Waals surface area contributed by atoms with Crippen LogP contribution in [-0.2, 0) is 15.9 Å². The highest BCUT2D eigenvalue weighted by Gasteiger charge is 2.35. The van der Waals surface area contributed by atoms with Crippen LogP contribution < -0.4 is 5.32 Å². The van der Waals surface area contributed by atoms with Gasteiger partial charge in [-0.2, -0.15) is 0 Å². The molecule has 0 bridgehead atoms. The lowest BCUT2D eigenvalue weighted by Gasteiger charge is -2.41. The summed E-state index contributed by atoms with van der Waals surface area (Å²) in [4.78, 5) is 0. The van der Waals surface area contributed by atoms with E-state index in [4.69, 9.17) is 9.47 Å². The summed E-state index contributed by atoms with van der Waals surface area (Å²) in [7, 11) is 0. The first-order chi connectivity index (χ1) is 9.67. The van der Waals surface area contributed by atoms with E-state index in [9.17, 15) is 0 Å². The number of benzene rings is 1. The van der Waals surface area contributed by atoms with Crippen molar-refractivity contribution in [1.29, 1.82) is 0 Å². The third-order valence-corrected chi connectivity index (χ3v) is 4.62. The molecule has 2 atom stereocenters. The highest BCUT2D eigenvalue weighted by Crippen LogP contribution is 2.43. The van der Waals surface area contributed by atoms with E-state index in [2.05, 4.69) is 43.4 Å². The molecule has 110 valence electrons. The van der Waals surface area contributed by atoms with E-state index in [0.717, 1.165) is 19.8 Å². The Bertz CT molecular complexity index is 452. The average Bonchev–Trinajstić information content (AvgIpc) is 2.47. The Morgan fingerprint density at radius 1 is 1.25 bits per heavy atom. The third-order valence-electron chi connectivity index (χ3n) is 4.62. The molecular weight excluding hydrogens is 250 g/mol. The predicted molar refractivity (Wildman–Crippen MR) is 79.8 cm³/mol. The Balaban J connectivity index is 1.72. The number of hydrogen-bond donors (Lipinski definition) is 1. The topological polar surface area (TPSA) is 30.5 Å². The van der Waals surface area contributed by atoms with Gasteiger partial charge < -0.3 is 14.8 Å². The molecule has 1 aromatic rings. The van der Waals surface area contributed by atoms with E-state index in [1.807, 2.05) is 0 Å². The van der Waals surface area contributed by atoms with Crippen LogP contribution in [0.4, 0.5) is 0 Å². The fourth-order valence-electron chi connectivity index (χ4n) is 3.36. The largest absolute Gasteiger partial charge is 0.376 e. The summed E-state index contributed by atoms with van der Waals surface area (Å²) in [5.74, 6) is 0. The van der Waals surface area contributed by atoms with Gasteiger partial charge in [-0.05, 0) is 29.4 Å². The minimum Gasteiger partial charge on any atom is -0.376 e. The Morgan fingerprint density at radius 2 is 2.10 bits per heavy atom. The van der Waals surface area contributed by atoms with Crippen LogP contribution in [0.15, 0.2) is 24.3 Å². The summed E-state index contributed by atoms with van der Waals surface area (Å²) in [6, 6.07) is 9.23. The van der Waals surface area contributed by atoms with Crippen molar-refractivity contribution in [2.75, 3.05) is 26.4 Å². The van der Waals surface area contributed by atoms with Gasteiger partial charge in [-0.1, -0.05) is 38.1 Å². The van der Waals surface area contributed by atoms with Gasteiger partial charge >= 0.3 is 0 Å². The molecule has 1 aliphatic heterocycles. The summed E-state index contributed by atoms with van der Waals surface area (Å²) in [6.45, 7) is 7.74. The molecule has 0 spiro atoms. The summed E-state index contributed by atoms with van der Waals surface area (Å²) in [5.41, 5.74) is 3.23. The zero-order chi connectivity index (χ0) is 14.0. The molecule has 1 N–H and O–H groups in total. The molecular formula is C17H25NO2. The lowest BCUT2D eigenvalue weighted by molar-refractivity contribution is -0.0882. The fourth-order valence-corrected chi connectivity index (χ4v) is 3.36. The Kier molecular flexibility index (Phi) is 4.11. The van der Waals surface area contributed by atoms with Gasteiger partial charge in [0.05, 0.1) is 25.9 Å². The van der Waals surface area contributed by atoms with Crippen molar-refractivity contribution < 1.29 is 9.47 Å². The molecule has 1 heterocycles. The number of fused-ring (bicyclic) bond motifs is 1. The quantitative estimate of drug-likeness (QED) is 0.920. The number of ether oxygens (including phenoxy) is 2. The zero-order valence-corrected chi connectivity index (χ0v) is 12.5. The minimum atomic E-state index is 0.189. The van der Waals surface area contributed by atoms with Gasteiger partial charge in [-0.15, -0.1) is 0 Å². The molecule has 3 rings (SSSR count). The summed E-state index contributed by atoms with van der Waals surface area (Å²) >= 11 is 0. The Labute approximate surface area is 121 Å². The smallest absolute Gasteiger partial charge is 0.0933 e. The predicted octanol–water partition coefficient (Wildman–Crippen LogP) is 2.71. The van der Waals surface area contributed by atoms with Crippen molar-refractivity contribution in [2.24, 2.45) is 5.41 Å². The number of rotatable bonds is 3. The van der Waals surface area contributed by atoms with Gasteiger partial charge in [0, 0.05) is 12.6 Å². The Morgan fingerprint density at radius 3 is 2.90 bits per heavy atom. The maximum atomic E-state index is 5.74. The fraction of sp³-hybridized carbons (Fsp3) is 0.647. The minimum absolute atomic E-state index is 0.189. The maximum absolute atomic E-state index is 5.74. The second-order valence-electron chi connectivity index (χ2n) is 6.60. The standard InChI is InChI=1S/C17H25NO2/c1-17(2)8-7-13-5-3-4-6-15(13)16(17)18-11-14-12-19-9-10-20-14/h3-6,14,16,18H,7-12H2,1-2H3. The van der Waals surface area contributed by atoms with E-state index in [0.29, 0.717) is 12.6 Å². The summed E-state index contributed by atoms with van der Waals surface area (Å²) in [5, 5.41) is 3.73. The van der Waals surface area contributed by atoms with E-state index in [-0.39, 0.29) is 11.5 Å². The molecule has 20 heavy (non-hydrogen) atoms. The van der Waals surface area contributed by atoms with Gasteiger partial charge in [0.25, 0.3) is 0 Å². The van der Waals surface area contributed by atoms with Crippen LogP contribution in [0.1, 0.15) is 37.4 Å². The van der Waals surface area contributed by atoms with Crippen molar-refractivity contribution in [3.05, 3.63) is 35.4 Å². The van der Waals surface area contributed by atoms with Gasteiger partial charge in [0.1, 0.15) is 0 Å². The van der Waals surface area contributed by atoms with Crippen molar-refractivity contribution in [1.82, 2.24) is 5.32 Å². The molecule has 2 unspecified atom stereocenters. The van der Waals surface area contributed by atoms with E-state index < -0.39 is 0 Å². The van der Waals surface area contributed by atoms with Crippen LogP contribution in [0.5, 0.6) is 0 Å². The van der Waals surface area contributed by atoms with Crippen LogP contribution in [-0.4, -0.2) is 32.5 Å². The molecule has 2 aliphatic rings. The van der Waals surface area contributed by atoms with Gasteiger partial charge in [-0.25, -0.2) is 0 Å². The van der Waals surface area contributed by atoms with Crippen molar-refractivity contribution in [3.63, 3.8) is 0 Å². The van der Waals surface area contributed by atoms with Gasteiger partial charge in [0.15, 0.2) is 0 Å². The molecule has 1 aliphatic carbocycles. The highest BCUT2D eigenvalue weighted by atomic mass is 16.6. The molecule has 0 saturated carbocycles. The van der Waals surface area contributed by atoms with E-state index >= 15 is 0 Å². The molecule has 1 aromatic carbocycles. The zero-order valence-electron chi connectivity index (χ0n) is 12.5. The lowest BCUT2D eigenvalue weighted by atomic mass is 9.70. The van der Waals surface area contributed by atoms with Crippen LogP contribution in [0.25, 0.3) is 0 Å². The van der Waals surface area contributed by atoms with E-state index in [1.54, 1.807) is 0 Å². The molecule has 1 saturated heterocycles. The van der Waals surface area contributed by atoms with Gasteiger partial charge in [0.2, 0.25) is 0 Å². The molecule has 0 aromatic heterocycles. The molecule has 0 amide bonds. The average molecular weight is 275 g/mol.